The Hall–Kier alpha value is -1.81. The van der Waals surface area contributed by atoms with Crippen LogP contribution >= 0.6 is 11.8 Å². The molecule has 0 radical (unpaired) electrons. The van der Waals surface area contributed by atoms with E-state index in [9.17, 15) is 14.4 Å². The fourth-order valence-corrected chi connectivity index (χ4v) is 4.02. The van der Waals surface area contributed by atoms with Crippen molar-refractivity contribution in [2.24, 2.45) is 4.99 Å². The van der Waals surface area contributed by atoms with Crippen LogP contribution in [0.5, 0.6) is 0 Å². The van der Waals surface area contributed by atoms with Crippen LogP contribution in [0.3, 0.4) is 0 Å². The van der Waals surface area contributed by atoms with Crippen molar-refractivity contribution in [1.82, 2.24) is 5.32 Å². The second kappa shape index (κ2) is 9.93. The van der Waals surface area contributed by atoms with Crippen LogP contribution in [0.4, 0.5) is 0 Å². The molecular weight excluding hydrogens is 376 g/mol. The Morgan fingerprint density at radius 3 is 2.37 bits per heavy atom. The van der Waals surface area contributed by atoms with Crippen molar-refractivity contribution in [3.8, 4) is 0 Å². The van der Waals surface area contributed by atoms with Gasteiger partial charge in [0.15, 0.2) is 17.4 Å². The van der Waals surface area contributed by atoms with Crippen LogP contribution in [-0.4, -0.2) is 66.0 Å². The normalized spacial score (nSPS) is 31.0. The number of hydrogen-bond acceptors (Lipinski definition) is 9. The smallest absolute Gasteiger partial charge is 0.303 e. The van der Waals surface area contributed by atoms with Gasteiger partial charge < -0.3 is 24.3 Å². The average molecular weight is 402 g/mol. The number of aliphatic imine (C=N–C) groups is 1. The zero-order valence-electron chi connectivity index (χ0n) is 15.9. The van der Waals surface area contributed by atoms with Crippen molar-refractivity contribution in [2.75, 3.05) is 13.2 Å². The van der Waals surface area contributed by atoms with Gasteiger partial charge in [-0.2, -0.15) is 0 Å². The molecule has 0 aromatic rings. The predicted molar refractivity (Wildman–Crippen MR) is 98.1 cm³/mol. The van der Waals surface area contributed by atoms with E-state index in [0.717, 1.165) is 12.8 Å². The molecule has 0 saturated carbocycles. The van der Waals surface area contributed by atoms with Crippen molar-refractivity contribution in [1.29, 1.82) is 0 Å². The molecule has 2 fully saturated rings. The van der Waals surface area contributed by atoms with Gasteiger partial charge in [0.2, 0.25) is 0 Å². The molecule has 2 aliphatic rings. The highest BCUT2D eigenvalue weighted by Crippen LogP contribution is 2.36. The van der Waals surface area contributed by atoms with Crippen LogP contribution in [0.15, 0.2) is 4.99 Å². The molecule has 10 heteroatoms. The molecule has 2 aliphatic heterocycles. The number of ether oxygens (including phenoxy) is 4. The summed E-state index contributed by atoms with van der Waals surface area (Å²) in [5.41, 5.74) is -0.415. The number of fused-ring (bicyclic) bond motifs is 1. The zero-order chi connectivity index (χ0) is 20.0. The van der Waals surface area contributed by atoms with Gasteiger partial charge in [0.1, 0.15) is 24.2 Å². The topological polar surface area (TPSA) is 113 Å². The van der Waals surface area contributed by atoms with E-state index in [0.29, 0.717) is 11.7 Å². The third-order valence-corrected chi connectivity index (χ3v) is 5.09. The Balaban J connectivity index is 2.23. The van der Waals surface area contributed by atoms with Gasteiger partial charge in [0.05, 0.1) is 0 Å². The first kappa shape index (κ1) is 21.5. The van der Waals surface area contributed by atoms with Crippen molar-refractivity contribution in [3.63, 3.8) is 0 Å². The van der Waals surface area contributed by atoms with Crippen LogP contribution in [0, 0.1) is 0 Å². The first-order valence-electron chi connectivity index (χ1n) is 8.92. The molecule has 0 aliphatic carbocycles. The molecule has 5 atom stereocenters. The number of unbranched alkanes of at least 4 members (excludes halogenated alkanes) is 1. The Morgan fingerprint density at radius 1 is 1.11 bits per heavy atom. The Morgan fingerprint density at radius 2 is 1.78 bits per heavy atom. The molecule has 0 aromatic carbocycles. The minimum atomic E-state index is -0.907. The maximum atomic E-state index is 11.6. The van der Waals surface area contributed by atoms with Crippen molar-refractivity contribution >= 4 is 34.8 Å². The van der Waals surface area contributed by atoms with Crippen LogP contribution < -0.4 is 5.32 Å². The lowest BCUT2D eigenvalue weighted by molar-refractivity contribution is -0.209. The number of rotatable bonds is 7. The maximum Gasteiger partial charge on any atom is 0.303 e. The summed E-state index contributed by atoms with van der Waals surface area (Å²) in [5, 5.41) is 3.89. The summed E-state index contributed by atoms with van der Waals surface area (Å²) in [6.07, 6.45) is -0.472. The number of carbonyl (C=O) groups is 3. The SMILES string of the molecule is CCCCN=C1NC2C(O[C@H](COC(C)=O)[C@@H](OC(C)=O)[C@@H]2OC(C)=O)S1. The van der Waals surface area contributed by atoms with Gasteiger partial charge >= 0.3 is 17.9 Å². The number of amidine groups is 1. The van der Waals surface area contributed by atoms with Gasteiger partial charge in [-0.25, -0.2) is 0 Å². The van der Waals surface area contributed by atoms with E-state index < -0.39 is 47.7 Å². The van der Waals surface area contributed by atoms with E-state index in [1.807, 2.05) is 0 Å². The van der Waals surface area contributed by atoms with Crippen LogP contribution in [0.25, 0.3) is 0 Å². The molecule has 0 aromatic heterocycles. The first-order chi connectivity index (χ1) is 12.8. The molecule has 2 heterocycles. The van der Waals surface area contributed by atoms with Gasteiger partial charge in [-0.15, -0.1) is 0 Å². The number of nitrogens with zero attached hydrogens (tertiary/aromatic N) is 1. The molecule has 0 bridgehead atoms. The predicted octanol–water partition coefficient (Wildman–Crippen LogP) is 0.999. The van der Waals surface area contributed by atoms with Gasteiger partial charge in [-0.1, -0.05) is 25.1 Å². The summed E-state index contributed by atoms with van der Waals surface area (Å²) < 4.78 is 21.9. The second-order valence-electron chi connectivity index (χ2n) is 6.32. The quantitative estimate of drug-likeness (QED) is 0.378. The van der Waals surface area contributed by atoms with Gasteiger partial charge in [-0.3, -0.25) is 19.4 Å². The van der Waals surface area contributed by atoms with Gasteiger partial charge in [-0.05, 0) is 6.42 Å². The number of carbonyl (C=O) groups excluding carboxylic acids is 3. The first-order valence-corrected chi connectivity index (χ1v) is 9.80. The molecule has 2 unspecified atom stereocenters. The lowest BCUT2D eigenvalue weighted by atomic mass is 9.97. The van der Waals surface area contributed by atoms with E-state index in [1.165, 1.54) is 32.5 Å². The van der Waals surface area contributed by atoms with Crippen molar-refractivity contribution < 1.29 is 33.3 Å². The lowest BCUT2D eigenvalue weighted by Gasteiger charge is -2.41. The summed E-state index contributed by atoms with van der Waals surface area (Å²) >= 11 is 1.38. The summed E-state index contributed by atoms with van der Waals surface area (Å²) in [4.78, 5) is 38.9. The molecule has 152 valence electrons. The molecule has 2 rings (SSSR count). The molecule has 0 spiro atoms. The molecule has 9 nitrogen and oxygen atoms in total. The molecule has 27 heavy (non-hydrogen) atoms. The number of esters is 3. The number of thioether (sulfide) groups is 1. The highest BCUT2D eigenvalue weighted by molar-refractivity contribution is 8.14. The minimum absolute atomic E-state index is 0.114. The van der Waals surface area contributed by atoms with Crippen molar-refractivity contribution in [2.45, 2.75) is 70.3 Å². The van der Waals surface area contributed by atoms with E-state index in [2.05, 4.69) is 17.2 Å². The standard InChI is InChI=1S/C17H26N2O7S/c1-5-6-7-18-17-19-13-15(25-11(4)22)14(24-10(3)21)12(8-23-9(2)20)26-16(13)27-17/h12-16H,5-8H2,1-4H3,(H,18,19)/t12-,13?,14-,15-,16?/m1/s1. The average Bonchev–Trinajstić information content (AvgIpc) is 2.97. The Labute approximate surface area is 162 Å². The van der Waals surface area contributed by atoms with Gasteiger partial charge in [0, 0.05) is 27.3 Å². The van der Waals surface area contributed by atoms with E-state index in [4.69, 9.17) is 18.9 Å². The number of nitrogens with one attached hydrogen (secondary N) is 1. The second-order valence-corrected chi connectivity index (χ2v) is 7.41. The van der Waals surface area contributed by atoms with Crippen LogP contribution in [0.2, 0.25) is 0 Å². The molecule has 1 N–H and O–H groups in total. The minimum Gasteiger partial charge on any atom is -0.463 e. The van der Waals surface area contributed by atoms with Crippen LogP contribution in [0.1, 0.15) is 40.5 Å². The molecular formula is C17H26N2O7S. The monoisotopic (exact) mass is 402 g/mol. The highest BCUT2D eigenvalue weighted by atomic mass is 32.2. The third kappa shape index (κ3) is 6.10. The molecule has 2 saturated heterocycles. The Bertz CT molecular complexity index is 598. The number of hydrogen-bond donors (Lipinski definition) is 1. The summed E-state index contributed by atoms with van der Waals surface area (Å²) in [7, 11) is 0. The maximum absolute atomic E-state index is 11.6. The lowest BCUT2D eigenvalue weighted by Crippen LogP contribution is -2.62. The zero-order valence-corrected chi connectivity index (χ0v) is 16.7. The third-order valence-electron chi connectivity index (χ3n) is 3.99. The van der Waals surface area contributed by atoms with Gasteiger partial charge in [0.25, 0.3) is 0 Å². The summed E-state index contributed by atoms with van der Waals surface area (Å²) in [6.45, 7) is 6.46. The fourth-order valence-electron chi connectivity index (χ4n) is 2.86. The van der Waals surface area contributed by atoms with E-state index >= 15 is 0 Å². The van der Waals surface area contributed by atoms with E-state index in [1.54, 1.807) is 0 Å². The fraction of sp³-hybridized carbons (Fsp3) is 0.765. The summed E-state index contributed by atoms with van der Waals surface area (Å²) in [5.74, 6) is -1.54. The summed E-state index contributed by atoms with van der Waals surface area (Å²) in [6, 6.07) is -0.433. The largest absolute Gasteiger partial charge is 0.463 e. The van der Waals surface area contributed by atoms with Crippen molar-refractivity contribution in [3.05, 3.63) is 0 Å². The van der Waals surface area contributed by atoms with E-state index in [-0.39, 0.29) is 6.61 Å². The van der Waals surface area contributed by atoms with Crippen LogP contribution in [-0.2, 0) is 33.3 Å². The highest BCUT2D eigenvalue weighted by Gasteiger charge is 2.53. The molecule has 0 amide bonds. The Kier molecular flexibility index (Phi) is 7.91.